The van der Waals surface area contributed by atoms with Gasteiger partial charge in [-0.15, -0.1) is 0 Å². The predicted octanol–water partition coefficient (Wildman–Crippen LogP) is 24.5. The van der Waals surface area contributed by atoms with Crippen molar-refractivity contribution in [1.82, 2.24) is 0 Å². The summed E-state index contributed by atoms with van der Waals surface area (Å²) in [5.74, 6) is -0.782. The highest BCUT2D eigenvalue weighted by molar-refractivity contribution is 7.47. The van der Waals surface area contributed by atoms with Crippen LogP contribution in [0.4, 0.5) is 0 Å². The van der Waals surface area contributed by atoms with Crippen molar-refractivity contribution in [1.29, 1.82) is 0 Å². The first-order valence-corrected chi connectivity index (χ1v) is 38.8. The van der Waals surface area contributed by atoms with Gasteiger partial charge in [0.25, 0.3) is 0 Å². The molecule has 10 heteroatoms. The zero-order chi connectivity index (χ0) is 64.1. The van der Waals surface area contributed by atoms with Crippen molar-refractivity contribution in [3.63, 3.8) is 0 Å². The van der Waals surface area contributed by atoms with E-state index in [0.717, 1.165) is 70.6 Å². The molecule has 0 aliphatic carbocycles. The first-order chi connectivity index (χ1) is 43.0. The Hall–Kier alpha value is -2.81. The van der Waals surface area contributed by atoms with Crippen LogP contribution in [0, 0.1) is 0 Å². The van der Waals surface area contributed by atoms with Crippen molar-refractivity contribution >= 4 is 19.8 Å². The van der Waals surface area contributed by atoms with Gasteiger partial charge < -0.3 is 18.9 Å². The van der Waals surface area contributed by atoms with Gasteiger partial charge in [0, 0.05) is 12.8 Å². The molecule has 9 nitrogen and oxygen atoms in total. The van der Waals surface area contributed by atoms with E-state index >= 15 is 0 Å². The third-order valence-corrected chi connectivity index (χ3v) is 17.4. The van der Waals surface area contributed by atoms with Crippen molar-refractivity contribution in [2.45, 2.75) is 354 Å². The molecule has 1 N–H and O–H groups in total. The number of ether oxygens (including phenoxy) is 2. The molecule has 2 atom stereocenters. The lowest BCUT2D eigenvalue weighted by Crippen LogP contribution is -2.37. The Morgan fingerprint density at radius 3 is 0.977 bits per heavy atom. The lowest BCUT2D eigenvalue weighted by Gasteiger charge is -2.24. The quantitative estimate of drug-likeness (QED) is 0.0211. The van der Waals surface area contributed by atoms with Crippen LogP contribution in [0.5, 0.6) is 0 Å². The molecular formula is C78H143NO8P+. The van der Waals surface area contributed by atoms with Gasteiger partial charge in [-0.05, 0) is 89.9 Å². The Kier molecular flexibility index (Phi) is 66.4. The Bertz CT molecular complexity index is 1760. The van der Waals surface area contributed by atoms with E-state index in [4.69, 9.17) is 18.5 Å². The van der Waals surface area contributed by atoms with Crippen LogP contribution >= 0.6 is 7.82 Å². The molecule has 0 fully saturated rings. The second kappa shape index (κ2) is 68.6. The van der Waals surface area contributed by atoms with Crippen LogP contribution in [-0.4, -0.2) is 74.9 Å². The smallest absolute Gasteiger partial charge is 0.462 e. The Balaban J connectivity index is 3.98. The topological polar surface area (TPSA) is 108 Å². The molecule has 0 aromatic rings. The largest absolute Gasteiger partial charge is 0.472 e. The normalized spacial score (nSPS) is 13.6. The van der Waals surface area contributed by atoms with E-state index in [1.807, 2.05) is 21.1 Å². The molecule has 0 aliphatic rings. The minimum Gasteiger partial charge on any atom is -0.462 e. The van der Waals surface area contributed by atoms with Crippen molar-refractivity contribution in [3.8, 4) is 0 Å². The number of unbranched alkanes of at least 4 members (excludes halogenated alkanes) is 41. The van der Waals surface area contributed by atoms with Gasteiger partial charge in [-0.25, -0.2) is 4.57 Å². The van der Waals surface area contributed by atoms with Crippen LogP contribution in [0.2, 0.25) is 0 Å². The van der Waals surface area contributed by atoms with Gasteiger partial charge in [-0.2, -0.15) is 0 Å². The molecule has 512 valence electrons. The number of quaternary nitrogens is 1. The van der Waals surface area contributed by atoms with E-state index in [9.17, 15) is 19.0 Å². The molecular weight excluding hydrogens is 1110 g/mol. The van der Waals surface area contributed by atoms with Crippen molar-refractivity contribution in [2.75, 3.05) is 47.5 Å². The Labute approximate surface area is 545 Å². The second-order valence-corrected chi connectivity index (χ2v) is 27.8. The van der Waals surface area contributed by atoms with Crippen LogP contribution in [0.15, 0.2) is 85.1 Å². The van der Waals surface area contributed by atoms with Gasteiger partial charge in [0.05, 0.1) is 27.7 Å². The van der Waals surface area contributed by atoms with Gasteiger partial charge in [0.1, 0.15) is 19.8 Å². The molecule has 0 saturated carbocycles. The van der Waals surface area contributed by atoms with Crippen LogP contribution < -0.4 is 0 Å². The minimum atomic E-state index is -4.39. The summed E-state index contributed by atoms with van der Waals surface area (Å²) >= 11 is 0. The fraction of sp³-hybridized carbons (Fsp3) is 0.795. The lowest BCUT2D eigenvalue weighted by molar-refractivity contribution is -0.870. The highest BCUT2D eigenvalue weighted by Gasteiger charge is 2.27. The fourth-order valence-electron chi connectivity index (χ4n) is 10.7. The van der Waals surface area contributed by atoms with Crippen molar-refractivity contribution in [2.24, 2.45) is 0 Å². The molecule has 0 heterocycles. The predicted molar refractivity (Wildman–Crippen MR) is 381 cm³/mol. The first-order valence-electron chi connectivity index (χ1n) is 37.3. The fourth-order valence-corrected chi connectivity index (χ4v) is 11.5. The van der Waals surface area contributed by atoms with E-state index in [2.05, 4.69) is 98.9 Å². The number of nitrogens with zero attached hydrogens (tertiary/aromatic N) is 1. The molecule has 0 rings (SSSR count). The van der Waals surface area contributed by atoms with Gasteiger partial charge in [-0.1, -0.05) is 330 Å². The number of allylic oxidation sites excluding steroid dienone is 14. The zero-order valence-electron chi connectivity index (χ0n) is 58.5. The minimum absolute atomic E-state index is 0.0319. The van der Waals surface area contributed by atoms with Gasteiger partial charge in [0.2, 0.25) is 0 Å². The summed E-state index contributed by atoms with van der Waals surface area (Å²) in [5.41, 5.74) is 0. The molecule has 0 saturated heterocycles. The SMILES string of the molecule is CC/C=C\C/C=C\C/C=C\C/C=C\C/C=C\C/C=C\CCCCCCCCCCCCCCCCCCCCC(=O)OC(COC(=O)CCCCCCCCCCCCCCCCC/C=C\CCCCCCCCCC)COP(=O)(O)OCC[N+](C)(C)C. The average Bonchev–Trinajstić information content (AvgIpc) is 3.68. The summed E-state index contributed by atoms with van der Waals surface area (Å²) in [7, 11) is 1.49. The third-order valence-electron chi connectivity index (χ3n) is 16.4. The van der Waals surface area contributed by atoms with Crippen LogP contribution in [0.3, 0.4) is 0 Å². The van der Waals surface area contributed by atoms with E-state index in [0.29, 0.717) is 23.9 Å². The Morgan fingerprint density at radius 2 is 0.648 bits per heavy atom. The molecule has 0 amide bonds. The van der Waals surface area contributed by atoms with Crippen LogP contribution in [0.25, 0.3) is 0 Å². The zero-order valence-corrected chi connectivity index (χ0v) is 59.4. The molecule has 0 radical (unpaired) electrons. The highest BCUT2D eigenvalue weighted by Crippen LogP contribution is 2.43. The van der Waals surface area contributed by atoms with Crippen molar-refractivity contribution < 1.29 is 42.1 Å². The number of phosphoric acid groups is 1. The molecule has 0 aromatic carbocycles. The third kappa shape index (κ3) is 72.3. The number of phosphoric ester groups is 1. The number of carbonyl (C=O) groups is 2. The van der Waals surface area contributed by atoms with E-state index < -0.39 is 26.5 Å². The summed E-state index contributed by atoms with van der Waals surface area (Å²) in [6.07, 6.45) is 94.2. The average molecular weight is 1250 g/mol. The van der Waals surface area contributed by atoms with E-state index in [-0.39, 0.29) is 25.6 Å². The van der Waals surface area contributed by atoms with Gasteiger partial charge >= 0.3 is 19.8 Å². The summed E-state index contributed by atoms with van der Waals surface area (Å²) in [6.45, 7) is 4.37. The molecule has 88 heavy (non-hydrogen) atoms. The highest BCUT2D eigenvalue weighted by atomic mass is 31.2. The molecule has 2 unspecified atom stereocenters. The van der Waals surface area contributed by atoms with E-state index in [1.54, 1.807) is 0 Å². The molecule has 0 bridgehead atoms. The molecule has 0 aromatic heterocycles. The maximum atomic E-state index is 12.9. The van der Waals surface area contributed by atoms with Gasteiger partial charge in [0.15, 0.2) is 6.10 Å². The number of esters is 2. The first kappa shape index (κ1) is 85.2. The lowest BCUT2D eigenvalue weighted by atomic mass is 10.0. The summed E-state index contributed by atoms with van der Waals surface area (Å²) < 4.78 is 34.8. The molecule has 0 aliphatic heterocycles. The molecule has 0 spiro atoms. The van der Waals surface area contributed by atoms with E-state index in [1.165, 1.54) is 244 Å². The summed E-state index contributed by atoms with van der Waals surface area (Å²) in [5, 5.41) is 0. The summed E-state index contributed by atoms with van der Waals surface area (Å²) in [4.78, 5) is 35.9. The number of likely N-dealkylation sites (N-methyl/N-ethyl adjacent to an activating group) is 1. The maximum absolute atomic E-state index is 12.9. The van der Waals surface area contributed by atoms with Crippen LogP contribution in [0.1, 0.15) is 348 Å². The standard InChI is InChI=1S/C78H142NO8P/c1-6-8-10-12-14-16-18-20-22-24-26-28-30-32-34-35-36-37-38-39-40-41-42-43-45-47-49-51-53-55-57-59-61-63-65-67-69-71-78(81)87-76(75-86-88(82,83)85-73-72-79(3,4)5)74-84-77(80)70-68-66-64-62-60-58-56-54-52-50-48-46-44-33-31-29-27-25-23-21-19-17-15-13-11-9-7-2/h8,10,14,16,20,22,25-28,32,34,36-37,76H,6-7,9,11-13,15,17-19,21,23-24,29-31,33,35,38-75H2,1-5H3/p+1/b10-8-,16-14-,22-20-,27-25-,28-26-,34-32-,37-36-. The van der Waals surface area contributed by atoms with Gasteiger partial charge in [-0.3, -0.25) is 18.6 Å². The summed E-state index contributed by atoms with van der Waals surface area (Å²) in [6, 6.07) is 0. The number of hydrogen-bond acceptors (Lipinski definition) is 7. The second-order valence-electron chi connectivity index (χ2n) is 26.3. The monoisotopic (exact) mass is 1250 g/mol. The Morgan fingerprint density at radius 1 is 0.364 bits per heavy atom. The van der Waals surface area contributed by atoms with Crippen molar-refractivity contribution in [3.05, 3.63) is 85.1 Å². The van der Waals surface area contributed by atoms with Crippen LogP contribution in [-0.2, 0) is 32.7 Å². The number of hydrogen-bond donors (Lipinski definition) is 1. The maximum Gasteiger partial charge on any atom is 0.472 e. The number of rotatable bonds is 69. The number of carbonyl (C=O) groups excluding carboxylic acids is 2.